The molecule has 0 aliphatic heterocycles. The van der Waals surface area contributed by atoms with Crippen LogP contribution in [0, 0.1) is 0 Å². The summed E-state index contributed by atoms with van der Waals surface area (Å²) in [4.78, 5) is 23.0. The van der Waals surface area contributed by atoms with Crippen LogP contribution in [-0.4, -0.2) is 43.5 Å². The molecule has 7 nitrogen and oxygen atoms in total. The summed E-state index contributed by atoms with van der Waals surface area (Å²) in [5.41, 5.74) is 0.330. The highest BCUT2D eigenvalue weighted by Crippen LogP contribution is 2.32. The second-order valence-corrected chi connectivity index (χ2v) is 5.47. The largest absolute Gasteiger partial charge is 0.507 e. The van der Waals surface area contributed by atoms with E-state index in [1.165, 1.54) is 12.1 Å². The molecule has 0 saturated heterocycles. The molecule has 0 atom stereocenters. The number of ether oxygens (including phenoxy) is 3. The molecule has 2 aromatic carbocycles. The summed E-state index contributed by atoms with van der Waals surface area (Å²) in [6, 6.07) is 10.1. The van der Waals surface area contributed by atoms with E-state index in [9.17, 15) is 14.7 Å². The van der Waals surface area contributed by atoms with E-state index in [1.54, 1.807) is 31.2 Å². The minimum atomic E-state index is -0.627. The average molecular weight is 359 g/mol. The van der Waals surface area contributed by atoms with Gasteiger partial charge in [0.25, 0.3) is 0 Å². The molecule has 0 spiro atoms. The fourth-order valence-electron chi connectivity index (χ4n) is 2.12. The Morgan fingerprint density at radius 3 is 2.54 bits per heavy atom. The van der Waals surface area contributed by atoms with E-state index in [0.29, 0.717) is 22.1 Å². The molecule has 0 aromatic heterocycles. The van der Waals surface area contributed by atoms with Crippen molar-refractivity contribution in [1.29, 1.82) is 0 Å². The number of benzene rings is 2. The van der Waals surface area contributed by atoms with Crippen LogP contribution in [0.15, 0.2) is 48.6 Å². The first-order chi connectivity index (χ1) is 12.5. The zero-order valence-corrected chi connectivity index (χ0v) is 14.5. The van der Waals surface area contributed by atoms with Gasteiger partial charge in [0.1, 0.15) is 18.1 Å². The average Bonchev–Trinajstić information content (AvgIpc) is 2.63. The number of fused-ring (bicyclic) bond motifs is 1. The van der Waals surface area contributed by atoms with Crippen molar-refractivity contribution in [1.82, 2.24) is 5.32 Å². The molecule has 7 heteroatoms. The lowest BCUT2D eigenvalue weighted by atomic mass is 10.1. The molecular weight excluding hydrogens is 338 g/mol. The van der Waals surface area contributed by atoms with Crippen molar-refractivity contribution >= 4 is 22.8 Å². The Morgan fingerprint density at radius 2 is 1.81 bits per heavy atom. The smallest absolute Gasteiger partial charge is 0.412 e. The Balaban J connectivity index is 1.71. The third kappa shape index (κ3) is 5.49. The van der Waals surface area contributed by atoms with Gasteiger partial charge in [-0.05, 0) is 19.1 Å². The molecule has 0 fully saturated rings. The van der Waals surface area contributed by atoms with Crippen molar-refractivity contribution in [3.63, 3.8) is 0 Å². The Labute approximate surface area is 151 Å². The highest BCUT2D eigenvalue weighted by molar-refractivity contribution is 5.94. The molecule has 0 heterocycles. The van der Waals surface area contributed by atoms with Gasteiger partial charge in [-0.2, -0.15) is 0 Å². The molecule has 2 aromatic rings. The van der Waals surface area contributed by atoms with Gasteiger partial charge in [-0.15, -0.1) is 0 Å². The molecule has 138 valence electrons. The molecule has 0 unspecified atom stereocenters. The Kier molecular flexibility index (Phi) is 6.99. The van der Waals surface area contributed by atoms with Gasteiger partial charge >= 0.3 is 12.1 Å². The minimum Gasteiger partial charge on any atom is -0.507 e. The first-order valence-corrected chi connectivity index (χ1v) is 8.06. The third-order valence-corrected chi connectivity index (χ3v) is 3.39. The third-order valence-electron chi connectivity index (χ3n) is 3.39. The quantitative estimate of drug-likeness (QED) is 0.428. The summed E-state index contributed by atoms with van der Waals surface area (Å²) < 4.78 is 15.4. The predicted molar refractivity (Wildman–Crippen MR) is 96.2 cm³/mol. The summed E-state index contributed by atoms with van der Waals surface area (Å²) in [6.07, 6.45) is -0.627. The van der Waals surface area contributed by atoms with E-state index in [0.717, 1.165) is 0 Å². The fourth-order valence-corrected chi connectivity index (χ4v) is 2.12. The summed E-state index contributed by atoms with van der Waals surface area (Å²) in [6.45, 7) is 5.86. The van der Waals surface area contributed by atoms with Crippen LogP contribution < -0.4 is 10.1 Å². The summed E-state index contributed by atoms with van der Waals surface area (Å²) in [5.74, 6) is 0.00839. The Hall–Kier alpha value is -3.06. The first-order valence-electron chi connectivity index (χ1n) is 8.06. The van der Waals surface area contributed by atoms with Crippen molar-refractivity contribution in [2.45, 2.75) is 6.92 Å². The number of amides is 1. The number of hydrogen-bond donors (Lipinski definition) is 2. The van der Waals surface area contributed by atoms with Crippen molar-refractivity contribution in [3.8, 4) is 11.5 Å². The van der Waals surface area contributed by atoms with Crippen LogP contribution in [0.2, 0.25) is 0 Å². The van der Waals surface area contributed by atoms with Crippen molar-refractivity contribution in [3.05, 3.63) is 48.6 Å². The number of hydrogen-bond acceptors (Lipinski definition) is 6. The van der Waals surface area contributed by atoms with Gasteiger partial charge in [0.05, 0.1) is 13.2 Å². The van der Waals surface area contributed by atoms with E-state index in [4.69, 9.17) is 14.2 Å². The number of phenolic OH excluding ortho intramolecular Hbond substituents is 1. The summed E-state index contributed by atoms with van der Waals surface area (Å²) in [7, 11) is 0. The van der Waals surface area contributed by atoms with Gasteiger partial charge in [-0.25, -0.2) is 9.59 Å². The molecule has 0 radical (unpaired) electrons. The molecule has 2 rings (SSSR count). The van der Waals surface area contributed by atoms with Gasteiger partial charge < -0.3 is 24.6 Å². The molecule has 1 amide bonds. The molecule has 2 N–H and O–H groups in total. The van der Waals surface area contributed by atoms with E-state index < -0.39 is 12.1 Å². The lowest BCUT2D eigenvalue weighted by Gasteiger charge is -2.10. The van der Waals surface area contributed by atoms with E-state index in [1.807, 2.05) is 0 Å². The van der Waals surface area contributed by atoms with E-state index >= 15 is 0 Å². The number of carbonyl (C=O) groups excluding carboxylic acids is 2. The predicted octanol–water partition coefficient (Wildman–Crippen LogP) is 2.77. The monoisotopic (exact) mass is 359 g/mol. The summed E-state index contributed by atoms with van der Waals surface area (Å²) >= 11 is 0. The summed E-state index contributed by atoms with van der Waals surface area (Å²) in [5, 5.41) is 13.6. The number of carbonyl (C=O) groups is 2. The van der Waals surface area contributed by atoms with Crippen molar-refractivity contribution in [2.24, 2.45) is 0 Å². The maximum Gasteiger partial charge on any atom is 0.412 e. The van der Waals surface area contributed by atoms with Crippen LogP contribution >= 0.6 is 0 Å². The van der Waals surface area contributed by atoms with Gasteiger partial charge in [-0.3, -0.25) is 0 Å². The van der Waals surface area contributed by atoms with Crippen LogP contribution in [0.25, 0.3) is 10.8 Å². The highest BCUT2D eigenvalue weighted by atomic mass is 16.6. The Morgan fingerprint density at radius 1 is 1.08 bits per heavy atom. The minimum absolute atomic E-state index is 0.120. The second kappa shape index (κ2) is 9.43. The highest BCUT2D eigenvalue weighted by Gasteiger charge is 2.10. The van der Waals surface area contributed by atoms with Crippen LogP contribution in [-0.2, 0) is 14.3 Å². The van der Waals surface area contributed by atoms with E-state index in [2.05, 4.69) is 11.9 Å². The van der Waals surface area contributed by atoms with Crippen molar-refractivity contribution in [2.75, 3.05) is 26.4 Å². The van der Waals surface area contributed by atoms with E-state index in [-0.39, 0.29) is 32.1 Å². The Bertz CT molecular complexity index is 802. The van der Waals surface area contributed by atoms with Gasteiger partial charge in [0.2, 0.25) is 0 Å². The molecular formula is C19H21NO6. The van der Waals surface area contributed by atoms with Crippen molar-refractivity contribution < 1.29 is 28.9 Å². The zero-order chi connectivity index (χ0) is 18.9. The van der Waals surface area contributed by atoms with Gasteiger partial charge in [-0.1, -0.05) is 30.8 Å². The van der Waals surface area contributed by atoms with Crippen LogP contribution in [0.5, 0.6) is 11.5 Å². The van der Waals surface area contributed by atoms with Crippen LogP contribution in [0.3, 0.4) is 0 Å². The number of rotatable bonds is 8. The molecule has 26 heavy (non-hydrogen) atoms. The number of phenols is 1. The molecule has 0 aliphatic rings. The second-order valence-electron chi connectivity index (χ2n) is 5.47. The van der Waals surface area contributed by atoms with Crippen LogP contribution in [0.4, 0.5) is 4.79 Å². The number of esters is 1. The maximum absolute atomic E-state index is 11.9. The van der Waals surface area contributed by atoms with Gasteiger partial charge in [0, 0.05) is 22.9 Å². The normalized spacial score (nSPS) is 10.3. The molecule has 0 saturated carbocycles. The standard InChI is InChI=1S/C19H21NO6/c1-13(2)18(22)25-12-11-24-10-9-20-19(23)26-17-8-7-16(21)14-5-3-4-6-15(14)17/h3-8,21H,1,9-12H2,2H3,(H,20,23). The van der Waals surface area contributed by atoms with Crippen LogP contribution in [0.1, 0.15) is 6.92 Å². The number of aromatic hydroxyl groups is 1. The fraction of sp³-hybridized carbons (Fsp3) is 0.263. The molecule has 0 aliphatic carbocycles. The number of nitrogens with one attached hydrogen (secondary N) is 1. The lowest BCUT2D eigenvalue weighted by molar-refractivity contribution is -0.140. The topological polar surface area (TPSA) is 94.1 Å². The lowest BCUT2D eigenvalue weighted by Crippen LogP contribution is -2.30. The van der Waals surface area contributed by atoms with Gasteiger partial charge in [0.15, 0.2) is 0 Å². The zero-order valence-electron chi connectivity index (χ0n) is 14.5. The maximum atomic E-state index is 11.9. The SMILES string of the molecule is C=C(C)C(=O)OCCOCCNC(=O)Oc1ccc(O)c2ccccc12. The molecule has 0 bridgehead atoms. The first kappa shape index (κ1) is 19.3.